The molecule has 0 spiro atoms. The molecule has 2 heterocycles. The lowest BCUT2D eigenvalue weighted by molar-refractivity contribution is -0.136. The Morgan fingerprint density at radius 3 is 2.62 bits per heavy atom. The SMILES string of the molecule is Cn1cc(-c2cnc3ccc4ccc(CC(=O)O)cc4c(=O)c3c2)cn1. The van der Waals surface area contributed by atoms with Gasteiger partial charge in [-0.15, -0.1) is 0 Å². The number of aliphatic carboxylic acids is 1. The normalized spacial score (nSPS) is 11.1. The van der Waals surface area contributed by atoms with Gasteiger partial charge in [0, 0.05) is 41.3 Å². The summed E-state index contributed by atoms with van der Waals surface area (Å²) in [6.07, 6.45) is 5.18. The predicted molar refractivity (Wildman–Crippen MR) is 99.1 cm³/mol. The van der Waals surface area contributed by atoms with Crippen LogP contribution in [0.5, 0.6) is 0 Å². The van der Waals surface area contributed by atoms with Crippen molar-refractivity contribution in [2.24, 2.45) is 7.05 Å². The summed E-state index contributed by atoms with van der Waals surface area (Å²) in [5, 5.41) is 14.9. The Bertz CT molecular complexity index is 1230. The van der Waals surface area contributed by atoms with Crippen molar-refractivity contribution in [1.29, 1.82) is 0 Å². The first-order valence-electron chi connectivity index (χ1n) is 8.08. The van der Waals surface area contributed by atoms with Gasteiger partial charge in [-0.05, 0) is 29.1 Å². The Balaban J connectivity index is 1.99. The third-order valence-electron chi connectivity index (χ3n) is 4.34. The molecule has 0 radical (unpaired) electrons. The molecule has 4 aromatic rings. The van der Waals surface area contributed by atoms with Crippen LogP contribution in [0.25, 0.3) is 32.8 Å². The van der Waals surface area contributed by atoms with Gasteiger partial charge >= 0.3 is 5.97 Å². The summed E-state index contributed by atoms with van der Waals surface area (Å²) in [6.45, 7) is 0. The van der Waals surface area contributed by atoms with Gasteiger partial charge in [0.15, 0.2) is 5.43 Å². The minimum Gasteiger partial charge on any atom is -0.481 e. The van der Waals surface area contributed by atoms with E-state index in [9.17, 15) is 9.59 Å². The molecule has 2 aromatic heterocycles. The molecule has 0 fully saturated rings. The second-order valence-electron chi connectivity index (χ2n) is 6.21. The highest BCUT2D eigenvalue weighted by Crippen LogP contribution is 2.22. The lowest BCUT2D eigenvalue weighted by Crippen LogP contribution is -2.03. The number of hydrogen-bond donors (Lipinski definition) is 1. The van der Waals surface area contributed by atoms with E-state index >= 15 is 0 Å². The number of aromatic nitrogens is 3. The molecule has 4 rings (SSSR count). The van der Waals surface area contributed by atoms with Crippen molar-refractivity contribution in [3.8, 4) is 11.1 Å². The number of nitrogens with zero attached hydrogens (tertiary/aromatic N) is 3. The van der Waals surface area contributed by atoms with E-state index in [0.29, 0.717) is 21.9 Å². The lowest BCUT2D eigenvalue weighted by atomic mass is 10.1. The smallest absolute Gasteiger partial charge is 0.307 e. The molecule has 6 heteroatoms. The Morgan fingerprint density at radius 1 is 1.08 bits per heavy atom. The number of carbonyl (C=O) groups is 1. The number of hydrogen-bond acceptors (Lipinski definition) is 4. The van der Waals surface area contributed by atoms with Crippen LogP contribution in [0.15, 0.2) is 59.8 Å². The molecule has 0 unspecified atom stereocenters. The largest absolute Gasteiger partial charge is 0.481 e. The van der Waals surface area contributed by atoms with Gasteiger partial charge in [0.25, 0.3) is 0 Å². The quantitative estimate of drug-likeness (QED) is 0.617. The van der Waals surface area contributed by atoms with E-state index in [0.717, 1.165) is 16.5 Å². The topological polar surface area (TPSA) is 85.1 Å². The van der Waals surface area contributed by atoms with Crippen LogP contribution in [0, 0.1) is 0 Å². The number of aryl methyl sites for hydroxylation is 1. The highest BCUT2D eigenvalue weighted by molar-refractivity contribution is 5.93. The van der Waals surface area contributed by atoms with Gasteiger partial charge in [-0.25, -0.2) is 0 Å². The minimum atomic E-state index is -0.928. The van der Waals surface area contributed by atoms with Gasteiger partial charge in [-0.1, -0.05) is 18.2 Å². The van der Waals surface area contributed by atoms with Crippen molar-refractivity contribution in [1.82, 2.24) is 14.8 Å². The summed E-state index contributed by atoms with van der Waals surface area (Å²) in [5.41, 5.74) is 2.72. The molecule has 0 bridgehead atoms. The molecule has 2 aromatic carbocycles. The average Bonchev–Trinajstić information content (AvgIpc) is 3.00. The summed E-state index contributed by atoms with van der Waals surface area (Å²) in [7, 11) is 1.83. The third-order valence-corrected chi connectivity index (χ3v) is 4.34. The molecule has 0 aliphatic heterocycles. The fourth-order valence-corrected chi connectivity index (χ4v) is 3.06. The van der Waals surface area contributed by atoms with E-state index < -0.39 is 5.97 Å². The summed E-state index contributed by atoms with van der Waals surface area (Å²) in [6, 6.07) is 10.6. The Hall–Kier alpha value is -3.54. The molecule has 0 atom stereocenters. The van der Waals surface area contributed by atoms with E-state index in [-0.39, 0.29) is 11.8 Å². The molecule has 6 nitrogen and oxygen atoms in total. The van der Waals surface area contributed by atoms with Crippen LogP contribution < -0.4 is 5.43 Å². The maximum absolute atomic E-state index is 13.1. The van der Waals surface area contributed by atoms with E-state index in [4.69, 9.17) is 5.11 Å². The van der Waals surface area contributed by atoms with E-state index in [1.54, 1.807) is 35.3 Å². The first-order valence-corrected chi connectivity index (χ1v) is 8.08. The molecule has 0 saturated carbocycles. The highest BCUT2D eigenvalue weighted by Gasteiger charge is 2.09. The number of carboxylic acid groups (broad SMARTS) is 1. The van der Waals surface area contributed by atoms with Gasteiger partial charge in [0.1, 0.15) is 0 Å². The summed E-state index contributed by atoms with van der Waals surface area (Å²) < 4.78 is 1.69. The summed E-state index contributed by atoms with van der Waals surface area (Å²) in [4.78, 5) is 28.5. The number of carboxylic acids is 1. The Labute approximate surface area is 148 Å². The number of benzene rings is 1. The Morgan fingerprint density at radius 2 is 1.88 bits per heavy atom. The molecule has 0 amide bonds. The molecule has 0 saturated heterocycles. The zero-order valence-electron chi connectivity index (χ0n) is 14.0. The van der Waals surface area contributed by atoms with Crippen LogP contribution in [-0.4, -0.2) is 25.8 Å². The monoisotopic (exact) mass is 345 g/mol. The average molecular weight is 345 g/mol. The van der Waals surface area contributed by atoms with Crippen molar-refractivity contribution in [2.75, 3.05) is 0 Å². The zero-order chi connectivity index (χ0) is 18.3. The summed E-state index contributed by atoms with van der Waals surface area (Å²) in [5.74, 6) is -0.928. The van der Waals surface area contributed by atoms with Crippen molar-refractivity contribution < 1.29 is 9.90 Å². The molecular weight excluding hydrogens is 330 g/mol. The lowest BCUT2D eigenvalue weighted by Gasteiger charge is -1.99. The second kappa shape index (κ2) is 6.07. The number of rotatable bonds is 3. The molecular formula is C20H15N3O3. The maximum atomic E-state index is 13.1. The molecule has 0 aliphatic rings. The fraction of sp³-hybridized carbons (Fsp3) is 0.100. The van der Waals surface area contributed by atoms with Gasteiger partial charge in [-0.3, -0.25) is 19.3 Å². The van der Waals surface area contributed by atoms with Crippen molar-refractivity contribution in [3.05, 3.63) is 70.8 Å². The van der Waals surface area contributed by atoms with Crippen LogP contribution in [-0.2, 0) is 18.3 Å². The second-order valence-corrected chi connectivity index (χ2v) is 6.21. The first-order chi connectivity index (χ1) is 12.5. The summed E-state index contributed by atoms with van der Waals surface area (Å²) >= 11 is 0. The standard InChI is InChI=1S/C20H15N3O3/c1-23-11-15(10-22-23)14-8-17-18(21-9-14)5-4-13-3-2-12(7-19(24)25)6-16(13)20(17)26/h2-6,8-11H,7H2,1H3,(H,24,25). The number of fused-ring (bicyclic) bond motifs is 2. The fourth-order valence-electron chi connectivity index (χ4n) is 3.06. The maximum Gasteiger partial charge on any atom is 0.307 e. The van der Waals surface area contributed by atoms with Crippen LogP contribution in [0.2, 0.25) is 0 Å². The van der Waals surface area contributed by atoms with Gasteiger partial charge in [0.05, 0.1) is 18.1 Å². The molecule has 0 aliphatic carbocycles. The molecule has 26 heavy (non-hydrogen) atoms. The molecule has 1 N–H and O–H groups in total. The van der Waals surface area contributed by atoms with Gasteiger partial charge < -0.3 is 5.11 Å². The van der Waals surface area contributed by atoms with Crippen LogP contribution in [0.4, 0.5) is 0 Å². The van der Waals surface area contributed by atoms with Gasteiger partial charge in [0.2, 0.25) is 0 Å². The van der Waals surface area contributed by atoms with Crippen molar-refractivity contribution in [3.63, 3.8) is 0 Å². The number of pyridine rings is 1. The predicted octanol–water partition coefficient (Wildman–Crippen LogP) is 2.78. The van der Waals surface area contributed by atoms with Gasteiger partial charge in [-0.2, -0.15) is 5.10 Å². The van der Waals surface area contributed by atoms with E-state index in [2.05, 4.69) is 10.1 Å². The highest BCUT2D eigenvalue weighted by atomic mass is 16.4. The van der Waals surface area contributed by atoms with Crippen LogP contribution in [0.1, 0.15) is 5.56 Å². The van der Waals surface area contributed by atoms with E-state index in [1.165, 1.54) is 0 Å². The zero-order valence-corrected chi connectivity index (χ0v) is 14.0. The van der Waals surface area contributed by atoms with E-state index in [1.807, 2.05) is 31.4 Å². The molecule has 128 valence electrons. The third kappa shape index (κ3) is 2.82. The van der Waals surface area contributed by atoms with Crippen molar-refractivity contribution >= 4 is 27.6 Å². The van der Waals surface area contributed by atoms with Crippen molar-refractivity contribution in [2.45, 2.75) is 6.42 Å². The Kier molecular flexibility index (Phi) is 3.73. The van der Waals surface area contributed by atoms with Crippen LogP contribution >= 0.6 is 0 Å². The first kappa shape index (κ1) is 16.0. The minimum absolute atomic E-state index is 0.120. The van der Waals surface area contributed by atoms with Crippen LogP contribution in [0.3, 0.4) is 0 Å².